The Kier molecular flexibility index (Phi) is 3.98. The summed E-state index contributed by atoms with van der Waals surface area (Å²) in [5.74, 6) is -0.669. The molecule has 0 atom stereocenters. The van der Waals surface area contributed by atoms with E-state index >= 15 is 0 Å². The van der Waals surface area contributed by atoms with Gasteiger partial charge in [0.15, 0.2) is 0 Å². The second kappa shape index (κ2) is 4.68. The number of aryl methyl sites for hydroxylation is 1. The average Bonchev–Trinajstić information content (AvgIpc) is 2.09. The number of benzene rings is 1. The van der Waals surface area contributed by atoms with Crippen LogP contribution >= 0.6 is 22.3 Å². The van der Waals surface area contributed by atoms with Crippen molar-refractivity contribution in [3.63, 3.8) is 0 Å². The summed E-state index contributed by atoms with van der Waals surface area (Å²) < 4.78 is 34.6. The van der Waals surface area contributed by atoms with E-state index in [-0.39, 0.29) is 17.2 Å². The van der Waals surface area contributed by atoms with E-state index in [1.165, 1.54) is 6.07 Å². The summed E-state index contributed by atoms with van der Waals surface area (Å²) in [6.45, 7) is 1.56. The van der Waals surface area contributed by atoms with E-state index in [0.29, 0.717) is 11.1 Å². The van der Waals surface area contributed by atoms with Gasteiger partial charge in [-0.15, -0.1) is 0 Å². The van der Waals surface area contributed by atoms with Gasteiger partial charge in [0.25, 0.3) is 0 Å². The molecule has 0 bridgehead atoms. The SMILES string of the molecule is Cc1c(F)cc(CCS(=O)(=O)Cl)cc1Cl. The van der Waals surface area contributed by atoms with E-state index in [1.54, 1.807) is 13.0 Å². The maximum Gasteiger partial charge on any atom is 0.232 e. The minimum absolute atomic E-state index is 0.156. The maximum absolute atomic E-state index is 13.2. The number of halogens is 3. The minimum atomic E-state index is -3.55. The van der Waals surface area contributed by atoms with Crippen LogP contribution in [0.5, 0.6) is 0 Å². The van der Waals surface area contributed by atoms with Crippen molar-refractivity contribution in [3.8, 4) is 0 Å². The molecule has 0 aliphatic carbocycles. The van der Waals surface area contributed by atoms with Crippen LogP contribution in [0.25, 0.3) is 0 Å². The Labute approximate surface area is 97.4 Å². The molecule has 0 radical (unpaired) electrons. The Balaban J connectivity index is 2.89. The molecule has 15 heavy (non-hydrogen) atoms. The average molecular weight is 271 g/mol. The third-order valence-electron chi connectivity index (χ3n) is 1.98. The van der Waals surface area contributed by atoms with Crippen molar-refractivity contribution >= 4 is 31.3 Å². The van der Waals surface area contributed by atoms with Crippen LogP contribution in [0.3, 0.4) is 0 Å². The molecule has 0 aliphatic heterocycles. The molecule has 0 saturated carbocycles. The van der Waals surface area contributed by atoms with Crippen molar-refractivity contribution in [2.75, 3.05) is 5.75 Å². The molecule has 0 aromatic heterocycles. The van der Waals surface area contributed by atoms with Crippen LogP contribution in [0.15, 0.2) is 12.1 Å². The van der Waals surface area contributed by atoms with E-state index in [1.807, 2.05) is 0 Å². The van der Waals surface area contributed by atoms with Crippen molar-refractivity contribution in [2.24, 2.45) is 0 Å². The zero-order chi connectivity index (χ0) is 11.6. The van der Waals surface area contributed by atoms with Gasteiger partial charge in [-0.1, -0.05) is 11.6 Å². The van der Waals surface area contributed by atoms with Gasteiger partial charge in [-0.05, 0) is 31.0 Å². The summed E-state index contributed by atoms with van der Waals surface area (Å²) in [6.07, 6.45) is 0.156. The Morgan fingerprint density at radius 3 is 2.47 bits per heavy atom. The predicted molar refractivity (Wildman–Crippen MR) is 59.5 cm³/mol. The second-order valence-electron chi connectivity index (χ2n) is 3.18. The quantitative estimate of drug-likeness (QED) is 0.792. The Morgan fingerprint density at radius 1 is 1.40 bits per heavy atom. The van der Waals surface area contributed by atoms with Gasteiger partial charge in [-0.25, -0.2) is 12.8 Å². The fraction of sp³-hybridized carbons (Fsp3) is 0.333. The lowest BCUT2D eigenvalue weighted by Crippen LogP contribution is -2.02. The lowest BCUT2D eigenvalue weighted by Gasteiger charge is -2.04. The van der Waals surface area contributed by atoms with E-state index < -0.39 is 14.9 Å². The fourth-order valence-electron chi connectivity index (χ4n) is 1.08. The second-order valence-corrected chi connectivity index (χ2v) is 6.48. The molecular formula is C9H9Cl2FO2S. The van der Waals surface area contributed by atoms with Crippen molar-refractivity contribution in [1.29, 1.82) is 0 Å². The smallest absolute Gasteiger partial charge is 0.212 e. The topological polar surface area (TPSA) is 34.1 Å². The largest absolute Gasteiger partial charge is 0.232 e. The van der Waals surface area contributed by atoms with Crippen LogP contribution in [-0.2, 0) is 15.5 Å². The number of rotatable bonds is 3. The number of hydrogen-bond donors (Lipinski definition) is 0. The molecule has 84 valence electrons. The molecule has 0 saturated heterocycles. The Hall–Kier alpha value is -0.320. The normalized spacial score (nSPS) is 11.7. The van der Waals surface area contributed by atoms with Gasteiger partial charge in [0.05, 0.1) is 5.75 Å². The maximum atomic E-state index is 13.2. The van der Waals surface area contributed by atoms with Gasteiger partial charge in [0, 0.05) is 21.3 Å². The van der Waals surface area contributed by atoms with E-state index in [4.69, 9.17) is 22.3 Å². The summed E-state index contributed by atoms with van der Waals surface area (Å²) in [5.41, 5.74) is 0.876. The molecule has 0 heterocycles. The first-order valence-corrected chi connectivity index (χ1v) is 7.02. The first-order valence-electron chi connectivity index (χ1n) is 4.16. The third-order valence-corrected chi connectivity index (χ3v) is 3.52. The molecule has 6 heteroatoms. The lowest BCUT2D eigenvalue weighted by molar-refractivity contribution is 0.607. The van der Waals surface area contributed by atoms with Gasteiger partial charge in [-0.2, -0.15) is 0 Å². The molecule has 1 rings (SSSR count). The lowest BCUT2D eigenvalue weighted by atomic mass is 10.1. The predicted octanol–water partition coefficient (Wildman–Crippen LogP) is 2.90. The molecule has 0 fully saturated rings. The molecular weight excluding hydrogens is 262 g/mol. The van der Waals surface area contributed by atoms with E-state index in [0.717, 1.165) is 0 Å². The van der Waals surface area contributed by atoms with Crippen molar-refractivity contribution in [3.05, 3.63) is 34.1 Å². The van der Waals surface area contributed by atoms with Crippen molar-refractivity contribution in [2.45, 2.75) is 13.3 Å². The monoisotopic (exact) mass is 270 g/mol. The summed E-state index contributed by atoms with van der Waals surface area (Å²) >= 11 is 5.75. The Bertz CT molecular complexity index is 448. The standard InChI is InChI=1S/C9H9Cl2FO2S/c1-6-8(10)4-7(5-9(6)12)2-3-15(11,13)14/h4-5H,2-3H2,1H3. The molecule has 1 aromatic rings. The summed E-state index contributed by atoms with van der Waals surface area (Å²) in [7, 11) is 1.49. The fourth-order valence-corrected chi connectivity index (χ4v) is 2.02. The highest BCUT2D eigenvalue weighted by Gasteiger charge is 2.09. The highest BCUT2D eigenvalue weighted by atomic mass is 35.7. The zero-order valence-electron chi connectivity index (χ0n) is 7.93. The highest BCUT2D eigenvalue weighted by molar-refractivity contribution is 8.13. The van der Waals surface area contributed by atoms with Crippen molar-refractivity contribution < 1.29 is 12.8 Å². The van der Waals surface area contributed by atoms with Crippen LogP contribution in [0.2, 0.25) is 5.02 Å². The molecule has 0 spiro atoms. The van der Waals surface area contributed by atoms with Gasteiger partial charge < -0.3 is 0 Å². The van der Waals surface area contributed by atoms with Crippen molar-refractivity contribution in [1.82, 2.24) is 0 Å². The summed E-state index contributed by atoms with van der Waals surface area (Å²) in [4.78, 5) is 0. The van der Waals surface area contributed by atoms with E-state index in [2.05, 4.69) is 0 Å². The van der Waals surface area contributed by atoms with Crippen LogP contribution in [0, 0.1) is 12.7 Å². The minimum Gasteiger partial charge on any atom is -0.212 e. The first-order chi connectivity index (χ1) is 6.79. The van der Waals surface area contributed by atoms with Gasteiger partial charge in [0.1, 0.15) is 5.82 Å². The van der Waals surface area contributed by atoms with E-state index in [9.17, 15) is 12.8 Å². The van der Waals surface area contributed by atoms with Gasteiger partial charge >= 0.3 is 0 Å². The zero-order valence-corrected chi connectivity index (χ0v) is 10.3. The first kappa shape index (κ1) is 12.7. The number of hydrogen-bond acceptors (Lipinski definition) is 2. The third kappa shape index (κ3) is 3.97. The van der Waals surface area contributed by atoms with Crippen LogP contribution < -0.4 is 0 Å². The van der Waals surface area contributed by atoms with Crippen LogP contribution in [-0.4, -0.2) is 14.2 Å². The van der Waals surface area contributed by atoms with Gasteiger partial charge in [-0.3, -0.25) is 0 Å². The molecule has 2 nitrogen and oxygen atoms in total. The molecule has 0 unspecified atom stereocenters. The molecule has 0 amide bonds. The van der Waals surface area contributed by atoms with Crippen LogP contribution in [0.4, 0.5) is 4.39 Å². The molecule has 0 aliphatic rings. The molecule has 0 N–H and O–H groups in total. The van der Waals surface area contributed by atoms with Crippen LogP contribution in [0.1, 0.15) is 11.1 Å². The summed E-state index contributed by atoms with van der Waals surface area (Å²) in [5, 5.41) is 0.289. The Morgan fingerprint density at radius 2 is 2.00 bits per heavy atom. The molecule has 1 aromatic carbocycles. The highest BCUT2D eigenvalue weighted by Crippen LogP contribution is 2.21. The summed E-state index contributed by atoms with van der Waals surface area (Å²) in [6, 6.07) is 2.81. The van der Waals surface area contributed by atoms with Gasteiger partial charge in [0.2, 0.25) is 9.05 Å².